The molecule has 108 valence electrons. The molecular formula is C15H20N2O3. The fourth-order valence-electron chi connectivity index (χ4n) is 2.68. The van der Waals surface area contributed by atoms with Crippen molar-refractivity contribution < 1.29 is 14.3 Å². The average Bonchev–Trinajstić information content (AvgIpc) is 2.48. The zero-order chi connectivity index (χ0) is 13.8. The summed E-state index contributed by atoms with van der Waals surface area (Å²) >= 11 is 0. The van der Waals surface area contributed by atoms with Crippen LogP contribution >= 0.6 is 0 Å². The van der Waals surface area contributed by atoms with Crippen molar-refractivity contribution in [1.29, 1.82) is 0 Å². The van der Waals surface area contributed by atoms with E-state index in [9.17, 15) is 4.79 Å². The van der Waals surface area contributed by atoms with Crippen LogP contribution in [0.1, 0.15) is 12.0 Å². The normalized spacial score (nSPS) is 25.4. The van der Waals surface area contributed by atoms with E-state index in [0.717, 1.165) is 30.9 Å². The van der Waals surface area contributed by atoms with Gasteiger partial charge in [0.05, 0.1) is 19.3 Å². The fourth-order valence-corrected chi connectivity index (χ4v) is 2.68. The van der Waals surface area contributed by atoms with Crippen LogP contribution in [0, 0.1) is 0 Å². The quantitative estimate of drug-likeness (QED) is 0.843. The van der Waals surface area contributed by atoms with Gasteiger partial charge in [0, 0.05) is 19.0 Å². The minimum Gasteiger partial charge on any atom is -0.491 e. The smallest absolute Gasteiger partial charge is 0.222 e. The van der Waals surface area contributed by atoms with Crippen LogP contribution in [0.25, 0.3) is 0 Å². The first kappa shape index (κ1) is 13.4. The molecule has 1 aromatic rings. The third-order valence-corrected chi connectivity index (χ3v) is 3.67. The van der Waals surface area contributed by atoms with Crippen LogP contribution in [0.4, 0.5) is 0 Å². The maximum atomic E-state index is 12.0. The Hall–Kier alpha value is -1.59. The van der Waals surface area contributed by atoms with Gasteiger partial charge in [-0.3, -0.25) is 4.79 Å². The first-order chi connectivity index (χ1) is 9.81. The number of carbonyl (C=O) groups is 1. The van der Waals surface area contributed by atoms with E-state index in [4.69, 9.17) is 9.47 Å². The highest BCUT2D eigenvalue weighted by Crippen LogP contribution is 2.23. The average molecular weight is 276 g/mol. The molecule has 1 saturated heterocycles. The molecule has 2 heterocycles. The molecule has 0 spiro atoms. The van der Waals surface area contributed by atoms with E-state index < -0.39 is 0 Å². The van der Waals surface area contributed by atoms with Gasteiger partial charge in [-0.2, -0.15) is 0 Å². The molecule has 2 atom stereocenters. The summed E-state index contributed by atoms with van der Waals surface area (Å²) in [7, 11) is 0. The predicted octanol–water partition coefficient (Wildman–Crippen LogP) is 0.485. The lowest BCUT2D eigenvalue weighted by molar-refractivity contribution is -0.123. The summed E-state index contributed by atoms with van der Waals surface area (Å²) in [6.07, 6.45) is 1.29. The second kappa shape index (κ2) is 6.24. The van der Waals surface area contributed by atoms with E-state index in [1.807, 2.05) is 24.3 Å². The third-order valence-electron chi connectivity index (χ3n) is 3.67. The lowest BCUT2D eigenvalue weighted by atomic mass is 10.0. The lowest BCUT2D eigenvalue weighted by Gasteiger charge is -2.27. The number of benzene rings is 1. The van der Waals surface area contributed by atoms with Crippen molar-refractivity contribution in [2.75, 3.05) is 26.4 Å². The van der Waals surface area contributed by atoms with Crippen molar-refractivity contribution >= 4 is 5.91 Å². The van der Waals surface area contributed by atoms with Crippen LogP contribution < -0.4 is 15.4 Å². The second-order valence-corrected chi connectivity index (χ2v) is 5.32. The summed E-state index contributed by atoms with van der Waals surface area (Å²) in [5.74, 6) is 0.987. The number of hydrogen-bond donors (Lipinski definition) is 2. The van der Waals surface area contributed by atoms with E-state index in [1.54, 1.807) is 0 Å². The van der Waals surface area contributed by atoms with Crippen molar-refractivity contribution in [3.63, 3.8) is 0 Å². The number of ether oxygens (including phenoxy) is 2. The van der Waals surface area contributed by atoms with Gasteiger partial charge < -0.3 is 20.1 Å². The van der Waals surface area contributed by atoms with Crippen LogP contribution in [0.5, 0.6) is 5.75 Å². The van der Waals surface area contributed by atoms with E-state index in [0.29, 0.717) is 19.6 Å². The van der Waals surface area contributed by atoms with Crippen LogP contribution in [-0.2, 0) is 16.0 Å². The minimum absolute atomic E-state index is 0.0565. The molecule has 0 aromatic heterocycles. The molecule has 2 N–H and O–H groups in total. The number of fused-ring (bicyclic) bond motifs is 1. The second-order valence-electron chi connectivity index (χ2n) is 5.32. The Morgan fingerprint density at radius 3 is 3.10 bits per heavy atom. The Morgan fingerprint density at radius 1 is 1.35 bits per heavy atom. The Balaban J connectivity index is 1.50. The molecule has 5 heteroatoms. The highest BCUT2D eigenvalue weighted by Gasteiger charge is 2.23. The first-order valence-corrected chi connectivity index (χ1v) is 7.12. The van der Waals surface area contributed by atoms with Gasteiger partial charge in [-0.15, -0.1) is 0 Å². The highest BCUT2D eigenvalue weighted by atomic mass is 16.5. The van der Waals surface area contributed by atoms with Crippen molar-refractivity contribution in [1.82, 2.24) is 10.6 Å². The van der Waals surface area contributed by atoms with Gasteiger partial charge >= 0.3 is 0 Å². The zero-order valence-corrected chi connectivity index (χ0v) is 11.4. The summed E-state index contributed by atoms with van der Waals surface area (Å²) in [6.45, 7) is 2.69. The molecule has 2 aliphatic rings. The molecule has 5 nitrogen and oxygen atoms in total. The van der Waals surface area contributed by atoms with Gasteiger partial charge in [-0.25, -0.2) is 0 Å². The third kappa shape index (κ3) is 3.29. The SMILES string of the molecule is O=C(CC1COCCN1)NC1COc2ccccc2C1. The molecule has 0 radical (unpaired) electrons. The van der Waals surface area contributed by atoms with Gasteiger partial charge in [0.15, 0.2) is 0 Å². The van der Waals surface area contributed by atoms with Gasteiger partial charge in [-0.1, -0.05) is 18.2 Å². The van der Waals surface area contributed by atoms with E-state index in [-0.39, 0.29) is 18.0 Å². The number of amides is 1. The maximum absolute atomic E-state index is 12.0. The lowest BCUT2D eigenvalue weighted by Crippen LogP contribution is -2.48. The molecule has 1 fully saturated rings. The number of hydrogen-bond acceptors (Lipinski definition) is 4. The molecule has 20 heavy (non-hydrogen) atoms. The molecule has 1 amide bonds. The van der Waals surface area contributed by atoms with Crippen LogP contribution in [0.3, 0.4) is 0 Å². The fraction of sp³-hybridized carbons (Fsp3) is 0.533. The van der Waals surface area contributed by atoms with Crippen molar-refractivity contribution in [3.8, 4) is 5.75 Å². The van der Waals surface area contributed by atoms with Crippen molar-refractivity contribution in [3.05, 3.63) is 29.8 Å². The summed E-state index contributed by atoms with van der Waals surface area (Å²) in [5, 5.41) is 6.33. The molecule has 1 aromatic carbocycles. The zero-order valence-electron chi connectivity index (χ0n) is 11.4. The molecule has 3 rings (SSSR count). The maximum Gasteiger partial charge on any atom is 0.222 e. The number of carbonyl (C=O) groups excluding carboxylic acids is 1. The summed E-state index contributed by atoms with van der Waals surface area (Å²) in [5.41, 5.74) is 1.16. The molecule has 0 bridgehead atoms. The summed E-state index contributed by atoms with van der Waals surface area (Å²) in [4.78, 5) is 12.0. The van der Waals surface area contributed by atoms with E-state index >= 15 is 0 Å². The first-order valence-electron chi connectivity index (χ1n) is 7.12. The standard InChI is InChI=1S/C15H20N2O3/c18-15(8-12-9-19-6-5-16-12)17-13-7-11-3-1-2-4-14(11)20-10-13/h1-4,12-13,16H,5-10H2,(H,17,18). The van der Waals surface area contributed by atoms with Gasteiger partial charge in [0.1, 0.15) is 12.4 Å². The van der Waals surface area contributed by atoms with E-state index in [2.05, 4.69) is 10.6 Å². The Kier molecular flexibility index (Phi) is 4.18. The summed E-state index contributed by atoms with van der Waals surface area (Å²) < 4.78 is 11.0. The van der Waals surface area contributed by atoms with E-state index in [1.165, 1.54) is 0 Å². The van der Waals surface area contributed by atoms with Gasteiger partial charge in [0.2, 0.25) is 5.91 Å². The minimum atomic E-state index is 0.0565. The number of morpholine rings is 1. The van der Waals surface area contributed by atoms with Crippen LogP contribution in [0.2, 0.25) is 0 Å². The van der Waals surface area contributed by atoms with Crippen LogP contribution in [0.15, 0.2) is 24.3 Å². The van der Waals surface area contributed by atoms with Crippen LogP contribution in [-0.4, -0.2) is 44.4 Å². The topological polar surface area (TPSA) is 59.6 Å². The van der Waals surface area contributed by atoms with Crippen molar-refractivity contribution in [2.24, 2.45) is 0 Å². The molecular weight excluding hydrogens is 256 g/mol. The Bertz CT molecular complexity index is 472. The number of nitrogens with one attached hydrogen (secondary N) is 2. The summed E-state index contributed by atoms with van der Waals surface area (Å²) in [6, 6.07) is 8.16. The van der Waals surface area contributed by atoms with Crippen molar-refractivity contribution in [2.45, 2.75) is 24.9 Å². The monoisotopic (exact) mass is 276 g/mol. The van der Waals surface area contributed by atoms with Gasteiger partial charge in [-0.05, 0) is 18.1 Å². The molecule has 0 aliphatic carbocycles. The number of rotatable bonds is 3. The number of para-hydroxylation sites is 1. The predicted molar refractivity (Wildman–Crippen MR) is 74.8 cm³/mol. The molecule has 2 unspecified atom stereocenters. The largest absolute Gasteiger partial charge is 0.491 e. The Labute approximate surface area is 118 Å². The molecule has 2 aliphatic heterocycles. The Morgan fingerprint density at radius 2 is 2.25 bits per heavy atom. The molecule has 0 saturated carbocycles. The van der Waals surface area contributed by atoms with Gasteiger partial charge in [0.25, 0.3) is 0 Å². The highest BCUT2D eigenvalue weighted by molar-refractivity contribution is 5.77.